The van der Waals surface area contributed by atoms with Crippen LogP contribution < -0.4 is 5.32 Å². The third-order valence-electron chi connectivity index (χ3n) is 3.42. The molecule has 1 aromatic rings. The molecule has 0 aliphatic carbocycles. The topological polar surface area (TPSA) is 92.8 Å². The highest BCUT2D eigenvalue weighted by atomic mass is 35.5. The van der Waals surface area contributed by atoms with Crippen LogP contribution in [0.1, 0.15) is 20.8 Å². The van der Waals surface area contributed by atoms with Gasteiger partial charge in [-0.1, -0.05) is 43.7 Å². The molecule has 0 heterocycles. The van der Waals surface area contributed by atoms with E-state index >= 15 is 0 Å². The van der Waals surface area contributed by atoms with Crippen LogP contribution in [0.25, 0.3) is 0 Å². The maximum absolute atomic E-state index is 12.6. The van der Waals surface area contributed by atoms with E-state index in [4.69, 9.17) is 16.3 Å². The van der Waals surface area contributed by atoms with Crippen molar-refractivity contribution in [3.05, 3.63) is 47.5 Å². The second-order valence-corrected chi connectivity index (χ2v) is 7.59. The van der Waals surface area contributed by atoms with Crippen LogP contribution in [0.5, 0.6) is 0 Å². The quantitative estimate of drug-likeness (QED) is 0.381. The zero-order chi connectivity index (χ0) is 20.4. The van der Waals surface area contributed by atoms with Gasteiger partial charge < -0.3 is 10.1 Å². The Morgan fingerprint density at radius 2 is 1.89 bits per heavy atom. The lowest BCUT2D eigenvalue weighted by Gasteiger charge is -2.19. The van der Waals surface area contributed by atoms with Gasteiger partial charge in [-0.05, 0) is 25.1 Å². The van der Waals surface area contributed by atoms with Crippen LogP contribution in [0.15, 0.2) is 47.4 Å². The summed E-state index contributed by atoms with van der Waals surface area (Å²) in [4.78, 5) is 23.2. The van der Waals surface area contributed by atoms with Crippen molar-refractivity contribution in [2.45, 2.75) is 25.7 Å². The number of carbonyl (C=O) groups excluding carboxylic acids is 2. The maximum atomic E-state index is 12.6. The number of sulfonamides is 1. The second-order valence-electron chi connectivity index (χ2n) is 5.28. The molecule has 1 aromatic carbocycles. The molecule has 1 rings (SSSR count). The van der Waals surface area contributed by atoms with E-state index in [0.29, 0.717) is 13.1 Å². The number of ether oxygens (including phenoxy) is 1. The first-order valence-corrected chi connectivity index (χ1v) is 10.1. The van der Waals surface area contributed by atoms with Crippen LogP contribution in [-0.2, 0) is 24.3 Å². The molecule has 1 N–H and O–H groups in total. The van der Waals surface area contributed by atoms with Crippen molar-refractivity contribution in [3.8, 4) is 0 Å². The summed E-state index contributed by atoms with van der Waals surface area (Å²) in [6, 6.07) is 4.14. The highest BCUT2D eigenvalue weighted by Crippen LogP contribution is 2.27. The Morgan fingerprint density at radius 1 is 1.22 bits per heavy atom. The second kappa shape index (κ2) is 10.9. The number of esters is 1. The largest absolute Gasteiger partial charge is 0.452 e. The fourth-order valence-electron chi connectivity index (χ4n) is 2.11. The number of amides is 1. The van der Waals surface area contributed by atoms with Crippen LogP contribution in [0.3, 0.4) is 0 Å². The summed E-state index contributed by atoms with van der Waals surface area (Å²) >= 11 is 6.04. The van der Waals surface area contributed by atoms with Gasteiger partial charge in [0, 0.05) is 24.9 Å². The lowest BCUT2D eigenvalue weighted by atomic mass is 10.3. The lowest BCUT2D eigenvalue weighted by Crippen LogP contribution is -2.31. The zero-order valence-electron chi connectivity index (χ0n) is 15.4. The van der Waals surface area contributed by atoms with Gasteiger partial charge in [0.25, 0.3) is 5.91 Å². The van der Waals surface area contributed by atoms with Gasteiger partial charge in [-0.2, -0.15) is 4.31 Å². The maximum Gasteiger partial charge on any atom is 0.331 e. The zero-order valence-corrected chi connectivity index (χ0v) is 17.0. The van der Waals surface area contributed by atoms with E-state index in [0.717, 1.165) is 0 Å². The third kappa shape index (κ3) is 6.82. The third-order valence-corrected chi connectivity index (χ3v) is 5.95. The lowest BCUT2D eigenvalue weighted by molar-refractivity contribution is -0.142. The molecule has 0 saturated carbocycles. The molecular formula is C18H23ClN2O5S. The number of allylic oxidation sites excluding steroid dienone is 3. The van der Waals surface area contributed by atoms with E-state index in [1.54, 1.807) is 32.9 Å². The summed E-state index contributed by atoms with van der Waals surface area (Å²) < 4.78 is 31.3. The minimum absolute atomic E-state index is 0.0560. The van der Waals surface area contributed by atoms with Crippen LogP contribution >= 0.6 is 11.6 Å². The van der Waals surface area contributed by atoms with E-state index in [-0.39, 0.29) is 15.6 Å². The smallest absolute Gasteiger partial charge is 0.331 e. The molecule has 0 aromatic heterocycles. The van der Waals surface area contributed by atoms with Gasteiger partial charge >= 0.3 is 5.97 Å². The van der Waals surface area contributed by atoms with E-state index in [9.17, 15) is 18.0 Å². The average Bonchev–Trinajstić information content (AvgIpc) is 2.62. The number of rotatable bonds is 9. The van der Waals surface area contributed by atoms with Gasteiger partial charge in [0.05, 0.1) is 5.02 Å². The number of halogens is 1. The molecule has 0 radical (unpaired) electrons. The Morgan fingerprint density at radius 3 is 2.48 bits per heavy atom. The van der Waals surface area contributed by atoms with E-state index in [1.807, 2.05) is 0 Å². The highest BCUT2D eigenvalue weighted by molar-refractivity contribution is 7.89. The Balaban J connectivity index is 2.85. The fourth-order valence-corrected chi connectivity index (χ4v) is 4.07. The number of nitrogens with zero attached hydrogens (tertiary/aromatic N) is 1. The number of carbonyl (C=O) groups is 2. The standard InChI is InChI=1S/C18H23ClN2O5S/c1-4-7-8-9-18(23)26-13-17(22)20-14-10-11-15(19)16(12-14)27(24,25)21(5-2)6-3/h4,7-12H,5-6,13H2,1-3H3,(H,20,22)/b7-4+,9-8+. The van der Waals surface area contributed by atoms with Crippen molar-refractivity contribution in [3.63, 3.8) is 0 Å². The molecule has 0 atom stereocenters. The Labute approximate surface area is 164 Å². The van der Waals surface area contributed by atoms with E-state index < -0.39 is 28.5 Å². The number of benzene rings is 1. The number of hydrogen-bond donors (Lipinski definition) is 1. The van der Waals surface area contributed by atoms with Gasteiger partial charge in [-0.15, -0.1) is 0 Å². The normalized spacial score (nSPS) is 12.0. The van der Waals surface area contributed by atoms with Crippen molar-refractivity contribution in [1.82, 2.24) is 4.31 Å². The van der Waals surface area contributed by atoms with Crippen molar-refractivity contribution in [2.24, 2.45) is 0 Å². The van der Waals surface area contributed by atoms with Gasteiger partial charge in [0.1, 0.15) is 4.90 Å². The molecule has 0 bridgehead atoms. The van der Waals surface area contributed by atoms with Gasteiger partial charge in [0.15, 0.2) is 6.61 Å². The van der Waals surface area contributed by atoms with Gasteiger partial charge in [-0.25, -0.2) is 13.2 Å². The molecule has 0 spiro atoms. The summed E-state index contributed by atoms with van der Waals surface area (Å²) in [6.45, 7) is 5.33. The molecule has 1 amide bonds. The van der Waals surface area contributed by atoms with Gasteiger partial charge in [-0.3, -0.25) is 4.79 Å². The van der Waals surface area contributed by atoms with Gasteiger partial charge in [0.2, 0.25) is 10.0 Å². The molecule has 0 unspecified atom stereocenters. The summed E-state index contributed by atoms with van der Waals surface area (Å²) in [5.74, 6) is -1.26. The monoisotopic (exact) mass is 414 g/mol. The Hall–Kier alpha value is -2.16. The minimum atomic E-state index is -3.78. The average molecular weight is 415 g/mol. The van der Waals surface area contributed by atoms with E-state index in [2.05, 4.69) is 5.32 Å². The SMILES string of the molecule is C/C=C/C=C/C(=O)OCC(=O)Nc1ccc(Cl)c(S(=O)(=O)N(CC)CC)c1. The highest BCUT2D eigenvalue weighted by Gasteiger charge is 2.25. The molecule has 0 aliphatic heterocycles. The molecule has 0 aliphatic rings. The van der Waals surface area contributed by atoms with Crippen LogP contribution in [0, 0.1) is 0 Å². The number of nitrogens with one attached hydrogen (secondary N) is 1. The first-order chi connectivity index (χ1) is 12.8. The van der Waals surface area contributed by atoms with Crippen LogP contribution in [0.4, 0.5) is 5.69 Å². The predicted octanol–water partition coefficient (Wildman–Crippen LogP) is 2.98. The molecule has 7 nitrogen and oxygen atoms in total. The van der Waals surface area contributed by atoms with E-state index in [1.165, 1.54) is 34.7 Å². The first-order valence-electron chi connectivity index (χ1n) is 8.31. The molecular weight excluding hydrogens is 392 g/mol. The summed E-state index contributed by atoms with van der Waals surface area (Å²) in [5.41, 5.74) is 0.232. The van der Waals surface area contributed by atoms with Crippen molar-refractivity contribution < 1.29 is 22.7 Å². The molecule has 9 heteroatoms. The summed E-state index contributed by atoms with van der Waals surface area (Å²) in [5, 5.41) is 2.54. The predicted molar refractivity (Wildman–Crippen MR) is 105 cm³/mol. The minimum Gasteiger partial charge on any atom is -0.452 e. The summed E-state index contributed by atoms with van der Waals surface area (Å²) in [6.07, 6.45) is 6.06. The number of hydrogen-bond acceptors (Lipinski definition) is 5. The Bertz CT molecular complexity index is 830. The van der Waals surface area contributed by atoms with Crippen molar-refractivity contribution >= 4 is 39.2 Å². The van der Waals surface area contributed by atoms with Crippen LogP contribution in [0.2, 0.25) is 5.02 Å². The molecule has 148 valence electrons. The summed E-state index contributed by atoms with van der Waals surface area (Å²) in [7, 11) is -3.78. The van der Waals surface area contributed by atoms with Crippen LogP contribution in [-0.4, -0.2) is 44.3 Å². The molecule has 27 heavy (non-hydrogen) atoms. The Kier molecular flexibility index (Phi) is 9.20. The van der Waals surface area contributed by atoms with Crippen molar-refractivity contribution in [2.75, 3.05) is 25.0 Å². The fraction of sp³-hybridized carbons (Fsp3) is 0.333. The first kappa shape index (κ1) is 22.9. The molecule has 0 saturated heterocycles. The number of anilines is 1. The van der Waals surface area contributed by atoms with Crippen molar-refractivity contribution in [1.29, 1.82) is 0 Å². The molecule has 0 fully saturated rings.